The van der Waals surface area contributed by atoms with E-state index in [0.29, 0.717) is 11.4 Å². The van der Waals surface area contributed by atoms with Crippen LogP contribution < -0.4 is 5.32 Å². The Morgan fingerprint density at radius 1 is 0.844 bits per heavy atom. The molecule has 0 saturated carbocycles. The van der Waals surface area contributed by atoms with E-state index in [1.165, 1.54) is 0 Å². The topological polar surface area (TPSA) is 49.4 Å². The van der Waals surface area contributed by atoms with Gasteiger partial charge in [0.1, 0.15) is 6.04 Å². The largest absolute Gasteiger partial charge is 0.352 e. The van der Waals surface area contributed by atoms with Crippen LogP contribution in [0.4, 0.5) is 0 Å². The van der Waals surface area contributed by atoms with E-state index >= 15 is 0 Å². The first-order chi connectivity index (χ1) is 15.4. The first kappa shape index (κ1) is 23.6. The molecule has 1 N–H and O–H groups in total. The van der Waals surface area contributed by atoms with Gasteiger partial charge in [-0.05, 0) is 36.6 Å². The van der Waals surface area contributed by atoms with Crippen LogP contribution in [0.3, 0.4) is 0 Å². The number of rotatable bonds is 9. The molecule has 0 unspecified atom stereocenters. The summed E-state index contributed by atoms with van der Waals surface area (Å²) in [6, 6.07) is 26.1. The molecule has 3 aromatic carbocycles. The Labute approximate surface area is 195 Å². The molecule has 0 bridgehead atoms. The van der Waals surface area contributed by atoms with Crippen molar-refractivity contribution in [2.75, 3.05) is 0 Å². The summed E-state index contributed by atoms with van der Waals surface area (Å²) in [5.41, 5.74) is 2.71. The van der Waals surface area contributed by atoms with Gasteiger partial charge in [0.25, 0.3) is 0 Å². The fraction of sp³-hybridized carbons (Fsp3) is 0.259. The lowest BCUT2D eigenvalue weighted by Crippen LogP contribution is -2.52. The van der Waals surface area contributed by atoms with Crippen molar-refractivity contribution in [3.63, 3.8) is 0 Å². The molecule has 0 aromatic heterocycles. The summed E-state index contributed by atoms with van der Waals surface area (Å²) in [4.78, 5) is 28.5. The Bertz CT molecular complexity index is 1020. The predicted octanol–water partition coefficient (Wildman–Crippen LogP) is 5.05. The van der Waals surface area contributed by atoms with Gasteiger partial charge in [-0.15, -0.1) is 0 Å². The highest BCUT2D eigenvalue weighted by Gasteiger charge is 2.31. The van der Waals surface area contributed by atoms with Crippen LogP contribution >= 0.6 is 11.6 Å². The minimum absolute atomic E-state index is 0.0350. The van der Waals surface area contributed by atoms with E-state index in [1.807, 2.05) is 92.7 Å². The quantitative estimate of drug-likeness (QED) is 0.498. The molecule has 0 saturated heterocycles. The first-order valence-corrected chi connectivity index (χ1v) is 11.2. The highest BCUT2D eigenvalue weighted by molar-refractivity contribution is 6.31. The molecule has 0 aliphatic rings. The Morgan fingerprint density at radius 3 is 2.00 bits per heavy atom. The molecule has 3 aromatic rings. The number of nitrogens with zero attached hydrogens (tertiary/aromatic N) is 1. The molecule has 0 heterocycles. The van der Waals surface area contributed by atoms with Crippen LogP contribution in [0.1, 0.15) is 30.5 Å². The Kier molecular flexibility index (Phi) is 8.46. The third-order valence-corrected chi connectivity index (χ3v) is 5.57. The zero-order valence-corrected chi connectivity index (χ0v) is 19.3. The average Bonchev–Trinajstić information content (AvgIpc) is 2.78. The van der Waals surface area contributed by atoms with E-state index in [1.54, 1.807) is 11.0 Å². The van der Waals surface area contributed by atoms with Crippen LogP contribution in [-0.2, 0) is 29.0 Å². The van der Waals surface area contributed by atoms with E-state index in [-0.39, 0.29) is 30.8 Å². The zero-order valence-electron chi connectivity index (χ0n) is 18.5. The number of nitrogens with one attached hydrogen (secondary N) is 1. The van der Waals surface area contributed by atoms with Crippen LogP contribution in [0, 0.1) is 0 Å². The molecular formula is C27H29ClN2O2. The Morgan fingerprint density at radius 2 is 1.41 bits per heavy atom. The fourth-order valence-electron chi connectivity index (χ4n) is 3.62. The van der Waals surface area contributed by atoms with Gasteiger partial charge in [-0.2, -0.15) is 0 Å². The van der Waals surface area contributed by atoms with Gasteiger partial charge in [0.05, 0.1) is 6.42 Å². The SMILES string of the molecule is CC(C)NC(=O)[C@@H](Cc1ccccc1)N(Cc1ccccc1Cl)C(=O)Cc1ccccc1. The van der Waals surface area contributed by atoms with Crippen LogP contribution in [0.5, 0.6) is 0 Å². The van der Waals surface area contributed by atoms with Gasteiger partial charge in [0.2, 0.25) is 11.8 Å². The minimum atomic E-state index is -0.660. The van der Waals surface area contributed by atoms with Crippen molar-refractivity contribution >= 4 is 23.4 Å². The Hall–Kier alpha value is -3.11. The molecule has 1 atom stereocenters. The smallest absolute Gasteiger partial charge is 0.243 e. The van der Waals surface area contributed by atoms with Gasteiger partial charge >= 0.3 is 0 Å². The number of carbonyl (C=O) groups is 2. The lowest BCUT2D eigenvalue weighted by atomic mass is 10.0. The van der Waals surface area contributed by atoms with Crippen LogP contribution in [0.15, 0.2) is 84.9 Å². The fourth-order valence-corrected chi connectivity index (χ4v) is 3.81. The highest BCUT2D eigenvalue weighted by Crippen LogP contribution is 2.21. The molecule has 4 nitrogen and oxygen atoms in total. The maximum Gasteiger partial charge on any atom is 0.243 e. The summed E-state index contributed by atoms with van der Waals surface area (Å²) in [6.45, 7) is 4.09. The van der Waals surface area contributed by atoms with Crippen molar-refractivity contribution in [1.82, 2.24) is 10.2 Å². The van der Waals surface area contributed by atoms with E-state index in [0.717, 1.165) is 16.7 Å². The summed E-state index contributed by atoms with van der Waals surface area (Å²) in [7, 11) is 0. The van der Waals surface area contributed by atoms with Crippen molar-refractivity contribution < 1.29 is 9.59 Å². The van der Waals surface area contributed by atoms with Crippen molar-refractivity contribution in [1.29, 1.82) is 0 Å². The molecular weight excluding hydrogens is 420 g/mol. The van der Waals surface area contributed by atoms with E-state index < -0.39 is 6.04 Å². The average molecular weight is 449 g/mol. The standard InChI is InChI=1S/C27H29ClN2O2/c1-20(2)29-27(32)25(17-21-11-5-3-6-12-21)30(19-23-15-9-10-16-24(23)28)26(31)18-22-13-7-4-8-14-22/h3-16,20,25H,17-19H2,1-2H3,(H,29,32)/t25-/m1/s1. The molecule has 2 amide bonds. The molecule has 0 fully saturated rings. The summed E-state index contributed by atoms with van der Waals surface area (Å²) in [6.07, 6.45) is 0.635. The Balaban J connectivity index is 1.97. The zero-order chi connectivity index (χ0) is 22.9. The summed E-state index contributed by atoms with van der Waals surface area (Å²) < 4.78 is 0. The van der Waals surface area contributed by atoms with Crippen molar-refractivity contribution in [2.45, 2.75) is 45.3 Å². The summed E-state index contributed by atoms with van der Waals surface area (Å²) in [5, 5.41) is 3.57. The number of amides is 2. The van der Waals surface area contributed by atoms with Gasteiger partial charge < -0.3 is 10.2 Å². The third-order valence-electron chi connectivity index (χ3n) is 5.20. The number of hydrogen-bond acceptors (Lipinski definition) is 2. The third kappa shape index (κ3) is 6.69. The number of hydrogen-bond donors (Lipinski definition) is 1. The lowest BCUT2D eigenvalue weighted by molar-refractivity contribution is -0.141. The second kappa shape index (κ2) is 11.5. The van der Waals surface area contributed by atoms with Gasteiger partial charge in [-0.25, -0.2) is 0 Å². The van der Waals surface area contributed by atoms with Crippen LogP contribution in [0.25, 0.3) is 0 Å². The van der Waals surface area contributed by atoms with Crippen molar-refractivity contribution in [3.8, 4) is 0 Å². The van der Waals surface area contributed by atoms with Crippen molar-refractivity contribution in [2.24, 2.45) is 0 Å². The maximum atomic E-state index is 13.6. The van der Waals surface area contributed by atoms with Crippen LogP contribution in [-0.4, -0.2) is 28.8 Å². The number of carbonyl (C=O) groups excluding carboxylic acids is 2. The van der Waals surface area contributed by atoms with Crippen LogP contribution in [0.2, 0.25) is 5.02 Å². The molecule has 0 radical (unpaired) electrons. The molecule has 0 aliphatic carbocycles. The summed E-state index contributed by atoms with van der Waals surface area (Å²) >= 11 is 6.42. The van der Waals surface area contributed by atoms with E-state index in [4.69, 9.17) is 11.6 Å². The first-order valence-electron chi connectivity index (χ1n) is 10.8. The molecule has 3 rings (SSSR count). The summed E-state index contributed by atoms with van der Waals surface area (Å²) in [5.74, 6) is -0.284. The van der Waals surface area contributed by atoms with Gasteiger partial charge in [0, 0.05) is 24.0 Å². The molecule has 0 aliphatic heterocycles. The minimum Gasteiger partial charge on any atom is -0.352 e. The van der Waals surface area contributed by atoms with Gasteiger partial charge in [0.15, 0.2) is 0 Å². The lowest BCUT2D eigenvalue weighted by Gasteiger charge is -2.32. The molecule has 5 heteroatoms. The monoisotopic (exact) mass is 448 g/mol. The number of benzene rings is 3. The molecule has 166 valence electrons. The maximum absolute atomic E-state index is 13.6. The van der Waals surface area contributed by atoms with Gasteiger partial charge in [-0.1, -0.05) is 90.5 Å². The van der Waals surface area contributed by atoms with E-state index in [9.17, 15) is 9.59 Å². The molecule has 32 heavy (non-hydrogen) atoms. The predicted molar refractivity (Wildman–Crippen MR) is 129 cm³/mol. The molecule has 0 spiro atoms. The van der Waals surface area contributed by atoms with Gasteiger partial charge in [-0.3, -0.25) is 9.59 Å². The van der Waals surface area contributed by atoms with Crippen molar-refractivity contribution in [3.05, 3.63) is 107 Å². The number of halogens is 1. The normalized spacial score (nSPS) is 11.8. The highest BCUT2D eigenvalue weighted by atomic mass is 35.5. The van der Waals surface area contributed by atoms with E-state index in [2.05, 4.69) is 5.32 Å². The second-order valence-corrected chi connectivity index (χ2v) is 8.55. The second-order valence-electron chi connectivity index (χ2n) is 8.14.